The molecular weight excluding hydrogens is 220 g/mol. The Morgan fingerprint density at radius 3 is 2.88 bits per heavy atom. The van der Waals surface area contributed by atoms with Crippen LogP contribution in [0.2, 0.25) is 0 Å². The van der Waals surface area contributed by atoms with Crippen LogP contribution in [0, 0.1) is 0 Å². The number of fused-ring (bicyclic) bond motifs is 1. The average Bonchev–Trinajstić information content (AvgIpc) is 2.26. The molecule has 1 aromatic rings. The predicted octanol–water partition coefficient (Wildman–Crippen LogP) is 1.05. The fraction of sp³-hybridized carbons (Fsp3) is 0.636. The van der Waals surface area contributed by atoms with Gasteiger partial charge in [0.05, 0.1) is 5.69 Å². The molecule has 0 saturated carbocycles. The third-order valence-corrected chi connectivity index (χ3v) is 3.78. The van der Waals surface area contributed by atoms with Crippen LogP contribution in [0.3, 0.4) is 0 Å². The Labute approximate surface area is 99.8 Å². The molecule has 16 heavy (non-hydrogen) atoms. The van der Waals surface area contributed by atoms with E-state index in [0.29, 0.717) is 0 Å². The standard InChI is InChI=1S/C11H16N4S/c1-16-11-13-9-7-12-4-3-8(9)10(14-11)15-5-2-6-15/h12H,2-7H2,1H3. The van der Waals surface area contributed by atoms with E-state index in [4.69, 9.17) is 0 Å². The molecule has 5 heteroatoms. The van der Waals surface area contributed by atoms with Crippen LogP contribution in [0.4, 0.5) is 5.82 Å². The van der Waals surface area contributed by atoms with Crippen LogP contribution in [0.25, 0.3) is 0 Å². The van der Waals surface area contributed by atoms with Gasteiger partial charge in [-0.1, -0.05) is 11.8 Å². The van der Waals surface area contributed by atoms with Crippen molar-refractivity contribution in [2.24, 2.45) is 0 Å². The lowest BCUT2D eigenvalue weighted by molar-refractivity contribution is 0.574. The van der Waals surface area contributed by atoms with Crippen molar-refractivity contribution in [1.29, 1.82) is 0 Å². The second-order valence-electron chi connectivity index (χ2n) is 4.23. The van der Waals surface area contributed by atoms with E-state index in [1.165, 1.54) is 23.5 Å². The van der Waals surface area contributed by atoms with Crippen LogP contribution in [0.5, 0.6) is 0 Å². The fourth-order valence-corrected chi connectivity index (χ4v) is 2.58. The number of anilines is 1. The van der Waals surface area contributed by atoms with Gasteiger partial charge >= 0.3 is 0 Å². The third-order valence-electron chi connectivity index (χ3n) is 3.23. The second-order valence-corrected chi connectivity index (χ2v) is 5.00. The van der Waals surface area contributed by atoms with Crippen molar-refractivity contribution < 1.29 is 0 Å². The van der Waals surface area contributed by atoms with E-state index in [-0.39, 0.29) is 0 Å². The number of thioether (sulfide) groups is 1. The molecule has 0 aromatic carbocycles. The van der Waals surface area contributed by atoms with Crippen molar-refractivity contribution in [3.8, 4) is 0 Å². The monoisotopic (exact) mass is 236 g/mol. The van der Waals surface area contributed by atoms with Gasteiger partial charge in [0.1, 0.15) is 5.82 Å². The van der Waals surface area contributed by atoms with E-state index in [1.807, 2.05) is 6.26 Å². The van der Waals surface area contributed by atoms with Gasteiger partial charge in [0, 0.05) is 25.2 Å². The van der Waals surface area contributed by atoms with E-state index >= 15 is 0 Å². The lowest BCUT2D eigenvalue weighted by atomic mass is 10.1. The summed E-state index contributed by atoms with van der Waals surface area (Å²) in [5.74, 6) is 1.20. The van der Waals surface area contributed by atoms with Gasteiger partial charge in [-0.15, -0.1) is 0 Å². The molecule has 3 heterocycles. The van der Waals surface area contributed by atoms with Gasteiger partial charge < -0.3 is 10.2 Å². The molecule has 2 aliphatic heterocycles. The zero-order chi connectivity index (χ0) is 11.0. The summed E-state index contributed by atoms with van der Waals surface area (Å²) in [4.78, 5) is 11.7. The van der Waals surface area contributed by atoms with Crippen molar-refractivity contribution in [3.05, 3.63) is 11.3 Å². The molecule has 0 aliphatic carbocycles. The van der Waals surface area contributed by atoms with Gasteiger partial charge in [0.2, 0.25) is 0 Å². The summed E-state index contributed by atoms with van der Waals surface area (Å²) in [5, 5.41) is 4.28. The van der Waals surface area contributed by atoms with Crippen LogP contribution in [-0.2, 0) is 13.0 Å². The number of nitrogens with zero attached hydrogens (tertiary/aromatic N) is 3. The molecule has 3 rings (SSSR count). The van der Waals surface area contributed by atoms with Crippen LogP contribution >= 0.6 is 11.8 Å². The normalized spacial score (nSPS) is 19.2. The van der Waals surface area contributed by atoms with Crippen molar-refractivity contribution in [2.45, 2.75) is 24.5 Å². The van der Waals surface area contributed by atoms with Crippen LogP contribution < -0.4 is 10.2 Å². The molecule has 0 amide bonds. The van der Waals surface area contributed by atoms with Gasteiger partial charge in [0.15, 0.2) is 5.16 Å². The minimum Gasteiger partial charge on any atom is -0.356 e. The Kier molecular flexibility index (Phi) is 2.73. The minimum absolute atomic E-state index is 0.895. The Morgan fingerprint density at radius 1 is 1.31 bits per heavy atom. The largest absolute Gasteiger partial charge is 0.356 e. The highest BCUT2D eigenvalue weighted by atomic mass is 32.2. The van der Waals surface area contributed by atoms with Crippen LogP contribution in [-0.4, -0.2) is 35.9 Å². The first-order valence-electron chi connectivity index (χ1n) is 5.78. The van der Waals surface area contributed by atoms with Crippen molar-refractivity contribution in [1.82, 2.24) is 15.3 Å². The van der Waals surface area contributed by atoms with Crippen molar-refractivity contribution >= 4 is 17.6 Å². The van der Waals surface area contributed by atoms with E-state index in [2.05, 4.69) is 20.2 Å². The molecule has 2 aliphatic rings. The fourth-order valence-electron chi connectivity index (χ4n) is 2.20. The van der Waals surface area contributed by atoms with Gasteiger partial charge in [-0.05, 0) is 25.6 Å². The van der Waals surface area contributed by atoms with Crippen LogP contribution in [0.1, 0.15) is 17.7 Å². The maximum atomic E-state index is 4.68. The minimum atomic E-state index is 0.895. The molecule has 0 unspecified atom stereocenters. The highest BCUT2D eigenvalue weighted by Crippen LogP contribution is 2.28. The molecule has 0 spiro atoms. The first-order valence-corrected chi connectivity index (χ1v) is 7.00. The van der Waals surface area contributed by atoms with E-state index < -0.39 is 0 Å². The molecule has 1 fully saturated rings. The number of nitrogens with one attached hydrogen (secondary N) is 1. The van der Waals surface area contributed by atoms with Gasteiger partial charge in [-0.25, -0.2) is 9.97 Å². The van der Waals surface area contributed by atoms with E-state index in [0.717, 1.165) is 37.8 Å². The summed E-state index contributed by atoms with van der Waals surface area (Å²) in [6, 6.07) is 0. The molecule has 4 nitrogen and oxygen atoms in total. The lowest BCUT2D eigenvalue weighted by Gasteiger charge is -2.35. The number of hydrogen-bond acceptors (Lipinski definition) is 5. The van der Waals surface area contributed by atoms with Gasteiger partial charge in [-0.3, -0.25) is 0 Å². The second kappa shape index (κ2) is 4.22. The Bertz CT molecular complexity index is 403. The van der Waals surface area contributed by atoms with Crippen molar-refractivity contribution in [3.63, 3.8) is 0 Å². The summed E-state index contributed by atoms with van der Waals surface area (Å²) in [5.41, 5.74) is 2.57. The maximum absolute atomic E-state index is 4.68. The van der Waals surface area contributed by atoms with Crippen LogP contribution in [0.15, 0.2) is 5.16 Å². The highest BCUT2D eigenvalue weighted by molar-refractivity contribution is 7.98. The maximum Gasteiger partial charge on any atom is 0.189 e. The smallest absolute Gasteiger partial charge is 0.189 e. The lowest BCUT2D eigenvalue weighted by Crippen LogP contribution is -2.40. The topological polar surface area (TPSA) is 41.1 Å². The van der Waals surface area contributed by atoms with E-state index in [9.17, 15) is 0 Å². The summed E-state index contributed by atoms with van der Waals surface area (Å²) in [7, 11) is 0. The van der Waals surface area contributed by atoms with E-state index in [1.54, 1.807) is 11.8 Å². The average molecular weight is 236 g/mol. The molecule has 0 atom stereocenters. The Balaban J connectivity index is 2.05. The quantitative estimate of drug-likeness (QED) is 0.614. The number of rotatable bonds is 2. The molecule has 0 radical (unpaired) electrons. The third kappa shape index (κ3) is 1.68. The molecule has 0 bridgehead atoms. The number of aromatic nitrogens is 2. The first kappa shape index (κ1) is 10.4. The molecule has 1 saturated heterocycles. The molecule has 86 valence electrons. The predicted molar refractivity (Wildman–Crippen MR) is 66.1 cm³/mol. The summed E-state index contributed by atoms with van der Waals surface area (Å²) in [6.07, 6.45) is 4.40. The molecule has 1 aromatic heterocycles. The SMILES string of the molecule is CSc1nc2c(c(N3CCC3)n1)CCNC2. The summed E-state index contributed by atoms with van der Waals surface area (Å²) in [6.45, 7) is 4.26. The number of hydrogen-bond donors (Lipinski definition) is 1. The summed E-state index contributed by atoms with van der Waals surface area (Å²) >= 11 is 1.63. The van der Waals surface area contributed by atoms with Gasteiger partial charge in [-0.2, -0.15) is 0 Å². The van der Waals surface area contributed by atoms with Gasteiger partial charge in [0.25, 0.3) is 0 Å². The summed E-state index contributed by atoms with van der Waals surface area (Å²) < 4.78 is 0. The zero-order valence-corrected chi connectivity index (χ0v) is 10.3. The zero-order valence-electron chi connectivity index (χ0n) is 9.49. The molecule has 1 N–H and O–H groups in total. The first-order chi connectivity index (χ1) is 7.88. The molecular formula is C11H16N4S. The highest BCUT2D eigenvalue weighted by Gasteiger charge is 2.24. The Hall–Kier alpha value is -0.810. The Morgan fingerprint density at radius 2 is 2.19 bits per heavy atom. The van der Waals surface area contributed by atoms with Crippen molar-refractivity contribution in [2.75, 3.05) is 30.8 Å².